The van der Waals surface area contributed by atoms with Crippen LogP contribution in [0, 0.1) is 0 Å². The van der Waals surface area contributed by atoms with E-state index in [-0.39, 0.29) is 0 Å². The van der Waals surface area contributed by atoms with Crippen LogP contribution in [0.4, 0.5) is 0 Å². The maximum Gasteiger partial charge on any atom is 0.132 e. The summed E-state index contributed by atoms with van der Waals surface area (Å²) in [6, 6.07) is 0. The SMILES string of the molecule is CCC(=O)CCCS(=O)C1CCCCC1. The van der Waals surface area contributed by atoms with Crippen molar-refractivity contribution in [2.24, 2.45) is 0 Å². The third kappa shape index (κ3) is 4.92. The summed E-state index contributed by atoms with van der Waals surface area (Å²) in [6.07, 6.45) is 8.11. The summed E-state index contributed by atoms with van der Waals surface area (Å²) in [5.41, 5.74) is 0. The van der Waals surface area contributed by atoms with E-state index in [9.17, 15) is 9.00 Å². The fraction of sp³-hybridized carbons (Fsp3) is 0.917. The van der Waals surface area contributed by atoms with Crippen LogP contribution < -0.4 is 0 Å². The lowest BCUT2D eigenvalue weighted by atomic mass is 10.0. The first-order valence-electron chi connectivity index (χ1n) is 6.13. The Bertz CT molecular complexity index is 220. The number of hydrogen-bond donors (Lipinski definition) is 0. The lowest BCUT2D eigenvalue weighted by Gasteiger charge is -2.20. The predicted molar refractivity (Wildman–Crippen MR) is 64.4 cm³/mol. The first kappa shape index (κ1) is 12.9. The Balaban J connectivity index is 2.14. The minimum absolute atomic E-state index is 0.302. The van der Waals surface area contributed by atoms with E-state index in [4.69, 9.17) is 0 Å². The highest BCUT2D eigenvalue weighted by Gasteiger charge is 2.19. The van der Waals surface area contributed by atoms with E-state index in [1.807, 2.05) is 6.92 Å². The molecule has 1 fully saturated rings. The third-order valence-corrected chi connectivity index (χ3v) is 5.03. The van der Waals surface area contributed by atoms with Crippen molar-refractivity contribution in [1.29, 1.82) is 0 Å². The molecule has 15 heavy (non-hydrogen) atoms. The third-order valence-electron chi connectivity index (χ3n) is 3.12. The standard InChI is InChI=1S/C12H22O2S/c1-2-11(13)7-6-10-15(14)12-8-4-3-5-9-12/h12H,2-10H2,1H3. The molecule has 0 bridgehead atoms. The minimum atomic E-state index is -0.677. The van der Waals surface area contributed by atoms with Crippen LogP contribution in [0.2, 0.25) is 0 Å². The van der Waals surface area contributed by atoms with Crippen molar-refractivity contribution in [1.82, 2.24) is 0 Å². The van der Waals surface area contributed by atoms with E-state index in [0.717, 1.165) is 25.0 Å². The molecule has 1 unspecified atom stereocenters. The lowest BCUT2D eigenvalue weighted by molar-refractivity contribution is -0.118. The molecule has 88 valence electrons. The largest absolute Gasteiger partial charge is 0.300 e. The molecule has 3 heteroatoms. The van der Waals surface area contributed by atoms with Gasteiger partial charge in [0.15, 0.2) is 0 Å². The summed E-state index contributed by atoms with van der Waals surface area (Å²) in [6.45, 7) is 1.89. The second-order valence-corrected chi connectivity index (χ2v) is 6.18. The highest BCUT2D eigenvalue weighted by atomic mass is 32.2. The first-order chi connectivity index (χ1) is 7.24. The van der Waals surface area contributed by atoms with Gasteiger partial charge in [0.25, 0.3) is 0 Å². The molecule has 1 atom stereocenters. The molecule has 1 rings (SSSR count). The molecular weight excluding hydrogens is 208 g/mol. The second kappa shape index (κ2) is 7.15. The Morgan fingerprint density at radius 2 is 1.93 bits per heavy atom. The number of carbonyl (C=O) groups is 1. The van der Waals surface area contributed by atoms with Gasteiger partial charge in [-0.3, -0.25) is 9.00 Å². The molecule has 0 aromatic heterocycles. The molecule has 0 spiro atoms. The van der Waals surface area contributed by atoms with Gasteiger partial charge in [-0.25, -0.2) is 0 Å². The number of Topliss-reactive ketones (excluding diaryl/α,β-unsaturated/α-hetero) is 1. The van der Waals surface area contributed by atoms with Crippen LogP contribution in [0.3, 0.4) is 0 Å². The highest BCUT2D eigenvalue weighted by molar-refractivity contribution is 7.85. The lowest BCUT2D eigenvalue weighted by Crippen LogP contribution is -2.21. The van der Waals surface area contributed by atoms with Crippen molar-refractivity contribution in [2.75, 3.05) is 5.75 Å². The van der Waals surface area contributed by atoms with E-state index in [0.29, 0.717) is 23.9 Å². The van der Waals surface area contributed by atoms with E-state index < -0.39 is 10.8 Å². The van der Waals surface area contributed by atoms with Gasteiger partial charge in [-0.05, 0) is 19.3 Å². The van der Waals surface area contributed by atoms with Crippen LogP contribution in [0.1, 0.15) is 58.3 Å². The summed E-state index contributed by atoms with van der Waals surface area (Å²) in [5.74, 6) is 1.03. The number of rotatable bonds is 6. The van der Waals surface area contributed by atoms with E-state index in [1.165, 1.54) is 19.3 Å². The van der Waals surface area contributed by atoms with Gasteiger partial charge >= 0.3 is 0 Å². The monoisotopic (exact) mass is 230 g/mol. The van der Waals surface area contributed by atoms with Gasteiger partial charge in [-0.15, -0.1) is 0 Å². The van der Waals surface area contributed by atoms with Gasteiger partial charge in [-0.2, -0.15) is 0 Å². The van der Waals surface area contributed by atoms with Gasteiger partial charge in [0.05, 0.1) is 0 Å². The summed E-state index contributed by atoms with van der Waals surface area (Å²) in [5, 5.41) is 0.426. The van der Waals surface area contributed by atoms with Crippen LogP contribution in [0.5, 0.6) is 0 Å². The second-order valence-electron chi connectivity index (χ2n) is 4.34. The molecule has 2 nitrogen and oxygen atoms in total. The Morgan fingerprint density at radius 1 is 1.27 bits per heavy atom. The molecule has 0 radical (unpaired) electrons. The van der Waals surface area contributed by atoms with Crippen LogP contribution in [-0.2, 0) is 15.6 Å². The van der Waals surface area contributed by atoms with Gasteiger partial charge < -0.3 is 0 Å². The van der Waals surface area contributed by atoms with Crippen molar-refractivity contribution in [3.05, 3.63) is 0 Å². The molecule has 0 aliphatic heterocycles. The number of ketones is 1. The maximum absolute atomic E-state index is 11.9. The molecule has 1 aliphatic carbocycles. The first-order valence-corrected chi connectivity index (χ1v) is 7.51. The number of hydrogen-bond acceptors (Lipinski definition) is 2. The molecule has 0 N–H and O–H groups in total. The zero-order chi connectivity index (χ0) is 11.1. The smallest absolute Gasteiger partial charge is 0.132 e. The van der Waals surface area contributed by atoms with Gasteiger partial charge in [0.1, 0.15) is 5.78 Å². The van der Waals surface area contributed by atoms with Crippen LogP contribution in [-0.4, -0.2) is 21.0 Å². The Kier molecular flexibility index (Phi) is 6.15. The maximum atomic E-state index is 11.9. The summed E-state index contributed by atoms with van der Waals surface area (Å²) < 4.78 is 11.9. The molecule has 0 saturated heterocycles. The van der Waals surface area contributed by atoms with Crippen molar-refractivity contribution >= 4 is 16.6 Å². The fourth-order valence-electron chi connectivity index (χ4n) is 2.08. The zero-order valence-corrected chi connectivity index (χ0v) is 10.5. The zero-order valence-electron chi connectivity index (χ0n) is 9.67. The van der Waals surface area contributed by atoms with Gasteiger partial charge in [0, 0.05) is 34.6 Å². The molecule has 0 aromatic carbocycles. The van der Waals surface area contributed by atoms with Crippen molar-refractivity contribution < 1.29 is 9.00 Å². The average molecular weight is 230 g/mol. The normalized spacial score (nSPS) is 20.1. The van der Waals surface area contributed by atoms with E-state index >= 15 is 0 Å². The summed E-state index contributed by atoms with van der Waals surface area (Å²) in [7, 11) is -0.677. The Morgan fingerprint density at radius 3 is 2.53 bits per heavy atom. The van der Waals surface area contributed by atoms with E-state index in [1.54, 1.807) is 0 Å². The highest BCUT2D eigenvalue weighted by Crippen LogP contribution is 2.22. The van der Waals surface area contributed by atoms with Crippen LogP contribution in [0.25, 0.3) is 0 Å². The van der Waals surface area contributed by atoms with Crippen molar-refractivity contribution in [3.63, 3.8) is 0 Å². The summed E-state index contributed by atoms with van der Waals surface area (Å²) >= 11 is 0. The topological polar surface area (TPSA) is 34.1 Å². The number of carbonyl (C=O) groups excluding carboxylic acids is 1. The fourth-order valence-corrected chi connectivity index (χ4v) is 3.70. The quantitative estimate of drug-likeness (QED) is 0.703. The van der Waals surface area contributed by atoms with Crippen LogP contribution in [0.15, 0.2) is 0 Å². The molecule has 0 amide bonds. The predicted octanol–water partition coefficient (Wildman–Crippen LogP) is 2.83. The summed E-state index contributed by atoms with van der Waals surface area (Å²) in [4.78, 5) is 11.1. The molecule has 1 aliphatic rings. The molecule has 0 heterocycles. The molecule has 1 saturated carbocycles. The average Bonchev–Trinajstić information content (AvgIpc) is 2.29. The molecular formula is C12H22O2S. The van der Waals surface area contributed by atoms with Crippen molar-refractivity contribution in [2.45, 2.75) is 63.5 Å². The van der Waals surface area contributed by atoms with Crippen LogP contribution >= 0.6 is 0 Å². The van der Waals surface area contributed by atoms with Gasteiger partial charge in [0.2, 0.25) is 0 Å². The Labute approximate surface area is 95.3 Å². The Hall–Kier alpha value is -0.180. The molecule has 0 aromatic rings. The van der Waals surface area contributed by atoms with E-state index in [2.05, 4.69) is 0 Å². The van der Waals surface area contributed by atoms with Gasteiger partial charge in [-0.1, -0.05) is 26.2 Å². The van der Waals surface area contributed by atoms with Crippen molar-refractivity contribution in [3.8, 4) is 0 Å². The minimum Gasteiger partial charge on any atom is -0.300 e.